The Morgan fingerprint density at radius 2 is 2.05 bits per heavy atom. The largest absolute Gasteiger partial charge is 0.348 e. The Morgan fingerprint density at radius 3 is 2.81 bits per heavy atom. The summed E-state index contributed by atoms with van der Waals surface area (Å²) in [6.45, 7) is 0. The van der Waals surface area contributed by atoms with E-state index in [1.54, 1.807) is 12.1 Å². The van der Waals surface area contributed by atoms with E-state index in [1.807, 2.05) is 0 Å². The lowest BCUT2D eigenvalue weighted by Gasteiger charge is -2.08. The number of hydrogen-bond donors (Lipinski definition) is 1. The summed E-state index contributed by atoms with van der Waals surface area (Å²) in [5.41, 5.74) is 1.06. The fraction of sp³-hybridized carbons (Fsp3) is 0. The Bertz CT molecular complexity index is 855. The molecule has 0 aliphatic rings. The molecule has 1 aromatic carbocycles. The second-order valence-electron chi connectivity index (χ2n) is 3.80. The van der Waals surface area contributed by atoms with E-state index < -0.39 is 10.6 Å². The summed E-state index contributed by atoms with van der Waals surface area (Å²) in [6.07, 6.45) is 1.12. The van der Waals surface area contributed by atoms with E-state index in [0.717, 1.165) is 18.1 Å². The SMILES string of the molecule is O=[N+]([O-])c1c(Cl)ncnc1Nc1c(Cl)ccc2nsnc12. The number of rotatable bonds is 3. The van der Waals surface area contributed by atoms with E-state index in [0.29, 0.717) is 21.7 Å². The van der Waals surface area contributed by atoms with Crippen molar-refractivity contribution in [3.05, 3.63) is 38.8 Å². The molecule has 0 saturated heterocycles. The van der Waals surface area contributed by atoms with Gasteiger partial charge in [-0.1, -0.05) is 23.2 Å². The van der Waals surface area contributed by atoms with Crippen LogP contribution in [-0.2, 0) is 0 Å². The molecule has 3 rings (SSSR count). The number of nitrogens with zero attached hydrogens (tertiary/aromatic N) is 5. The van der Waals surface area contributed by atoms with Gasteiger partial charge in [0.2, 0.25) is 11.0 Å². The maximum absolute atomic E-state index is 11.1. The van der Waals surface area contributed by atoms with Gasteiger partial charge in [0.05, 0.1) is 27.4 Å². The van der Waals surface area contributed by atoms with Gasteiger partial charge in [0.25, 0.3) is 0 Å². The van der Waals surface area contributed by atoms with Gasteiger partial charge in [0.15, 0.2) is 0 Å². The molecule has 0 bridgehead atoms. The zero-order chi connectivity index (χ0) is 15.0. The minimum atomic E-state index is -0.669. The van der Waals surface area contributed by atoms with E-state index in [9.17, 15) is 10.1 Å². The van der Waals surface area contributed by atoms with Crippen molar-refractivity contribution in [2.75, 3.05) is 5.32 Å². The summed E-state index contributed by atoms with van der Waals surface area (Å²) in [5.74, 6) is -0.0672. The van der Waals surface area contributed by atoms with Crippen LogP contribution in [0.1, 0.15) is 0 Å². The summed E-state index contributed by atoms with van der Waals surface area (Å²) in [5, 5.41) is 13.9. The molecule has 11 heteroatoms. The molecular weight excluding hydrogens is 339 g/mol. The van der Waals surface area contributed by atoms with Crippen molar-refractivity contribution < 1.29 is 4.92 Å². The Morgan fingerprint density at radius 1 is 1.24 bits per heavy atom. The second-order valence-corrected chi connectivity index (χ2v) is 5.09. The first-order chi connectivity index (χ1) is 10.1. The molecule has 0 spiro atoms. The number of benzene rings is 1. The van der Waals surface area contributed by atoms with Crippen molar-refractivity contribution >= 4 is 63.2 Å². The smallest absolute Gasteiger partial charge is 0.331 e. The van der Waals surface area contributed by atoms with Crippen LogP contribution in [0.4, 0.5) is 17.2 Å². The first-order valence-electron chi connectivity index (χ1n) is 5.40. The minimum Gasteiger partial charge on any atom is -0.331 e. The molecule has 0 aliphatic carbocycles. The van der Waals surface area contributed by atoms with Gasteiger partial charge in [-0.05, 0) is 12.1 Å². The molecule has 0 fully saturated rings. The van der Waals surface area contributed by atoms with Crippen LogP contribution in [0.3, 0.4) is 0 Å². The van der Waals surface area contributed by atoms with Gasteiger partial charge in [0, 0.05) is 0 Å². The number of nitro groups is 1. The lowest BCUT2D eigenvalue weighted by atomic mass is 10.2. The Kier molecular flexibility index (Phi) is 3.53. The van der Waals surface area contributed by atoms with Gasteiger partial charge in [-0.25, -0.2) is 9.97 Å². The summed E-state index contributed by atoms with van der Waals surface area (Å²) < 4.78 is 8.19. The third kappa shape index (κ3) is 2.46. The summed E-state index contributed by atoms with van der Waals surface area (Å²) in [7, 11) is 0. The molecule has 1 N–H and O–H groups in total. The van der Waals surface area contributed by atoms with E-state index in [2.05, 4.69) is 24.0 Å². The van der Waals surface area contributed by atoms with Crippen molar-refractivity contribution in [3.63, 3.8) is 0 Å². The van der Waals surface area contributed by atoms with Crippen LogP contribution in [0.2, 0.25) is 10.2 Å². The zero-order valence-electron chi connectivity index (χ0n) is 9.95. The number of fused-ring (bicyclic) bond motifs is 1. The molecule has 0 saturated carbocycles. The molecule has 0 amide bonds. The highest BCUT2D eigenvalue weighted by Gasteiger charge is 2.23. The lowest BCUT2D eigenvalue weighted by molar-refractivity contribution is -0.384. The van der Waals surface area contributed by atoms with Crippen molar-refractivity contribution in [3.8, 4) is 0 Å². The molecule has 8 nitrogen and oxygen atoms in total. The Labute approximate surface area is 131 Å². The third-order valence-corrected chi connectivity index (χ3v) is 3.71. The minimum absolute atomic E-state index is 0.0672. The Hall–Kier alpha value is -2.10. The molecule has 2 heterocycles. The standard InChI is InChI=1S/C10H4Cl2N6O2S/c11-4-1-2-5-7(17-21-16-5)6(4)15-10-8(18(19)20)9(12)13-3-14-10/h1-3H,(H,13,14,15). The van der Waals surface area contributed by atoms with Crippen molar-refractivity contribution in [1.29, 1.82) is 0 Å². The number of halogens is 2. The molecule has 21 heavy (non-hydrogen) atoms. The quantitative estimate of drug-likeness (QED) is 0.441. The number of anilines is 2. The molecule has 106 valence electrons. The van der Waals surface area contributed by atoms with Crippen LogP contribution < -0.4 is 5.32 Å². The van der Waals surface area contributed by atoms with Crippen LogP contribution in [-0.4, -0.2) is 23.6 Å². The first kappa shape index (κ1) is 13.9. The average Bonchev–Trinajstić information content (AvgIpc) is 2.90. The number of nitrogens with one attached hydrogen (secondary N) is 1. The topological polar surface area (TPSA) is 107 Å². The molecule has 0 radical (unpaired) electrons. The van der Waals surface area contributed by atoms with Crippen LogP contribution in [0, 0.1) is 10.1 Å². The van der Waals surface area contributed by atoms with Crippen LogP contribution in [0.5, 0.6) is 0 Å². The van der Waals surface area contributed by atoms with Gasteiger partial charge >= 0.3 is 5.69 Å². The molecule has 2 aromatic heterocycles. The van der Waals surface area contributed by atoms with Gasteiger partial charge < -0.3 is 5.32 Å². The van der Waals surface area contributed by atoms with Gasteiger partial charge in [0.1, 0.15) is 17.4 Å². The van der Waals surface area contributed by atoms with Crippen molar-refractivity contribution in [2.24, 2.45) is 0 Å². The highest BCUT2D eigenvalue weighted by atomic mass is 35.5. The number of hydrogen-bond acceptors (Lipinski definition) is 8. The van der Waals surface area contributed by atoms with E-state index in [4.69, 9.17) is 23.2 Å². The molecule has 0 aliphatic heterocycles. The fourth-order valence-electron chi connectivity index (χ4n) is 1.67. The first-order valence-corrected chi connectivity index (χ1v) is 6.89. The molecule has 0 unspecified atom stereocenters. The average molecular weight is 343 g/mol. The fourth-order valence-corrected chi connectivity index (χ4v) is 2.62. The Balaban J connectivity index is 2.15. The lowest BCUT2D eigenvalue weighted by Crippen LogP contribution is -2.02. The maximum atomic E-state index is 11.1. The summed E-state index contributed by atoms with van der Waals surface area (Å²) >= 11 is 12.9. The normalized spacial score (nSPS) is 10.8. The summed E-state index contributed by atoms with van der Waals surface area (Å²) in [4.78, 5) is 17.8. The van der Waals surface area contributed by atoms with Gasteiger partial charge in [-0.2, -0.15) is 8.75 Å². The predicted molar refractivity (Wildman–Crippen MR) is 79.4 cm³/mol. The zero-order valence-corrected chi connectivity index (χ0v) is 12.3. The van der Waals surface area contributed by atoms with Crippen LogP contribution in [0.15, 0.2) is 18.5 Å². The van der Waals surface area contributed by atoms with E-state index >= 15 is 0 Å². The predicted octanol–water partition coefficient (Wildman–Crippen LogP) is 3.44. The third-order valence-electron chi connectivity index (χ3n) is 2.58. The van der Waals surface area contributed by atoms with Gasteiger partial charge in [-0.3, -0.25) is 10.1 Å². The van der Waals surface area contributed by atoms with E-state index in [-0.39, 0.29) is 11.0 Å². The van der Waals surface area contributed by atoms with Crippen molar-refractivity contribution in [1.82, 2.24) is 18.7 Å². The van der Waals surface area contributed by atoms with Crippen molar-refractivity contribution in [2.45, 2.75) is 0 Å². The highest BCUT2D eigenvalue weighted by molar-refractivity contribution is 7.00. The maximum Gasteiger partial charge on any atom is 0.348 e. The van der Waals surface area contributed by atoms with E-state index in [1.165, 1.54) is 0 Å². The van der Waals surface area contributed by atoms with Crippen LogP contribution >= 0.6 is 34.9 Å². The number of aromatic nitrogens is 4. The monoisotopic (exact) mass is 342 g/mol. The van der Waals surface area contributed by atoms with Gasteiger partial charge in [-0.15, -0.1) is 0 Å². The van der Waals surface area contributed by atoms with Crippen LogP contribution in [0.25, 0.3) is 11.0 Å². The summed E-state index contributed by atoms with van der Waals surface area (Å²) in [6, 6.07) is 3.32. The molecule has 0 atom stereocenters. The molecular formula is C10H4Cl2N6O2S. The second kappa shape index (κ2) is 5.35. The molecule has 3 aromatic rings. The highest BCUT2D eigenvalue weighted by Crippen LogP contribution is 2.36.